The van der Waals surface area contributed by atoms with Crippen LogP contribution in [0.25, 0.3) is 0 Å². The maximum atomic E-state index is 12.2. The van der Waals surface area contributed by atoms with Crippen LogP contribution in [0.4, 0.5) is 5.69 Å². The maximum Gasteiger partial charge on any atom is 0.271 e. The van der Waals surface area contributed by atoms with Crippen LogP contribution in [-0.4, -0.2) is 10.9 Å². The lowest BCUT2D eigenvalue weighted by atomic mass is 10.2. The molecule has 0 unspecified atom stereocenters. The van der Waals surface area contributed by atoms with Crippen molar-refractivity contribution in [1.29, 1.82) is 5.26 Å². The van der Waals surface area contributed by atoms with Gasteiger partial charge in [-0.05, 0) is 42.5 Å². The molecule has 1 aromatic heterocycles. The Labute approximate surface area is 165 Å². The van der Waals surface area contributed by atoms with Gasteiger partial charge in [0.25, 0.3) is 5.91 Å². The highest BCUT2D eigenvalue weighted by Crippen LogP contribution is 2.33. The molecule has 27 heavy (non-hydrogen) atoms. The van der Waals surface area contributed by atoms with E-state index in [2.05, 4.69) is 15.8 Å². The number of carbonyl (C=O) groups is 1. The van der Waals surface area contributed by atoms with Crippen molar-refractivity contribution < 1.29 is 9.53 Å². The van der Waals surface area contributed by atoms with Crippen molar-refractivity contribution in [3.05, 3.63) is 82.0 Å². The Morgan fingerprint density at radius 2 is 1.85 bits per heavy atom. The molecule has 2 aromatic carbocycles. The summed E-state index contributed by atoms with van der Waals surface area (Å²) in [5.41, 5.74) is 6.82. The number of nitrogens with zero attached hydrogens (tertiary/aromatic N) is 2. The molecule has 3 rings (SSSR count). The van der Waals surface area contributed by atoms with Gasteiger partial charge in [-0.2, -0.15) is 5.26 Å². The largest absolute Gasteiger partial charge is 0.437 e. The summed E-state index contributed by atoms with van der Waals surface area (Å²) in [6.07, 6.45) is 1.38. The number of nitrogens with one attached hydrogen (secondary N) is 2. The van der Waals surface area contributed by atoms with E-state index in [-0.39, 0.29) is 16.8 Å². The summed E-state index contributed by atoms with van der Waals surface area (Å²) in [5, 5.41) is 9.43. The fourth-order valence-corrected chi connectivity index (χ4v) is 2.41. The minimum absolute atomic E-state index is 0.274. The van der Waals surface area contributed by atoms with E-state index < -0.39 is 0 Å². The highest BCUT2D eigenvalue weighted by atomic mass is 35.5. The number of pyridine rings is 1. The number of nitriles is 1. The predicted octanol–water partition coefficient (Wildman–Crippen LogP) is 4.81. The number of hydrogen-bond acceptors (Lipinski definition) is 5. The molecule has 0 atom stereocenters. The van der Waals surface area contributed by atoms with Crippen LogP contribution in [0.2, 0.25) is 10.0 Å². The molecule has 0 saturated carbocycles. The summed E-state index contributed by atoms with van der Waals surface area (Å²) in [6, 6.07) is 16.8. The summed E-state index contributed by atoms with van der Waals surface area (Å²) in [4.78, 5) is 16.3. The van der Waals surface area contributed by atoms with Gasteiger partial charge in [0.1, 0.15) is 10.8 Å². The molecule has 6 nitrogen and oxygen atoms in total. The van der Waals surface area contributed by atoms with Gasteiger partial charge in [0.05, 0.1) is 27.9 Å². The molecule has 0 radical (unpaired) electrons. The molecule has 8 heteroatoms. The third kappa shape index (κ3) is 4.67. The number of anilines is 1. The normalized spacial score (nSPS) is 9.96. The first-order valence-corrected chi connectivity index (χ1v) is 8.47. The van der Waals surface area contributed by atoms with Crippen LogP contribution in [0.1, 0.15) is 15.9 Å². The second kappa shape index (κ2) is 8.41. The molecule has 0 spiro atoms. The third-order valence-corrected chi connectivity index (χ3v) is 4.27. The van der Waals surface area contributed by atoms with Crippen molar-refractivity contribution in [3.63, 3.8) is 0 Å². The first-order valence-electron chi connectivity index (χ1n) is 7.71. The number of aromatic nitrogens is 1. The van der Waals surface area contributed by atoms with Gasteiger partial charge >= 0.3 is 0 Å². The quantitative estimate of drug-likeness (QED) is 0.602. The van der Waals surface area contributed by atoms with Crippen LogP contribution in [0.3, 0.4) is 0 Å². The molecule has 1 amide bonds. The van der Waals surface area contributed by atoms with E-state index in [0.717, 1.165) is 0 Å². The van der Waals surface area contributed by atoms with Gasteiger partial charge < -0.3 is 4.74 Å². The molecule has 0 fully saturated rings. The average Bonchev–Trinajstić information content (AvgIpc) is 2.70. The van der Waals surface area contributed by atoms with E-state index in [1.807, 2.05) is 6.07 Å². The van der Waals surface area contributed by atoms with Crippen LogP contribution < -0.4 is 15.6 Å². The fraction of sp³-hybridized carbons (Fsp3) is 0. The number of amides is 1. The molecule has 0 aliphatic heterocycles. The minimum atomic E-state index is -0.376. The summed E-state index contributed by atoms with van der Waals surface area (Å²) in [5.74, 6) is 0.270. The van der Waals surface area contributed by atoms with E-state index in [1.165, 1.54) is 6.20 Å². The van der Waals surface area contributed by atoms with Crippen molar-refractivity contribution in [2.24, 2.45) is 0 Å². The molecule has 2 N–H and O–H groups in total. The van der Waals surface area contributed by atoms with E-state index in [4.69, 9.17) is 33.2 Å². The number of rotatable bonds is 5. The Morgan fingerprint density at radius 1 is 1.07 bits per heavy atom. The zero-order chi connectivity index (χ0) is 19.2. The Bertz CT molecular complexity index is 1000. The molecule has 134 valence electrons. The minimum Gasteiger partial charge on any atom is -0.437 e. The molecule has 0 saturated heterocycles. The van der Waals surface area contributed by atoms with Gasteiger partial charge in [-0.25, -0.2) is 4.98 Å². The first kappa shape index (κ1) is 18.5. The molecule has 0 aliphatic rings. The average molecular weight is 399 g/mol. The fourth-order valence-electron chi connectivity index (χ4n) is 2.08. The van der Waals surface area contributed by atoms with Gasteiger partial charge in [-0.3, -0.25) is 15.6 Å². The zero-order valence-electron chi connectivity index (χ0n) is 13.7. The van der Waals surface area contributed by atoms with Gasteiger partial charge in [0.15, 0.2) is 0 Å². The molecular formula is C19H12Cl2N4O2. The maximum absolute atomic E-state index is 12.2. The summed E-state index contributed by atoms with van der Waals surface area (Å²) < 4.78 is 5.57. The number of benzene rings is 2. The second-order valence-electron chi connectivity index (χ2n) is 5.31. The predicted molar refractivity (Wildman–Crippen MR) is 103 cm³/mol. The zero-order valence-corrected chi connectivity index (χ0v) is 15.3. The molecular weight excluding hydrogens is 387 g/mol. The van der Waals surface area contributed by atoms with Crippen LogP contribution in [0.5, 0.6) is 11.6 Å². The van der Waals surface area contributed by atoms with Gasteiger partial charge in [-0.15, -0.1) is 0 Å². The number of ether oxygens (including phenoxy) is 1. The van der Waals surface area contributed by atoms with Crippen LogP contribution >= 0.6 is 23.2 Å². The van der Waals surface area contributed by atoms with Crippen molar-refractivity contribution >= 4 is 34.8 Å². The van der Waals surface area contributed by atoms with Gasteiger partial charge in [-0.1, -0.05) is 29.3 Å². The smallest absolute Gasteiger partial charge is 0.271 e. The standard InChI is InChI=1S/C19H12Cl2N4O2/c20-15-2-1-3-16(18(15)21)27-17-9-6-13(11-23-17)19(26)25-24-14-7-4-12(10-22)5-8-14/h1-9,11,24H,(H,25,26). The first-order chi connectivity index (χ1) is 13.1. The summed E-state index contributed by atoms with van der Waals surface area (Å²) in [7, 11) is 0. The van der Waals surface area contributed by atoms with Crippen LogP contribution in [-0.2, 0) is 0 Å². The van der Waals surface area contributed by atoms with Crippen molar-refractivity contribution in [1.82, 2.24) is 10.4 Å². The van der Waals surface area contributed by atoms with Crippen molar-refractivity contribution in [2.45, 2.75) is 0 Å². The monoisotopic (exact) mass is 398 g/mol. The molecule has 0 aliphatic carbocycles. The Kier molecular flexibility index (Phi) is 5.77. The molecule has 0 bridgehead atoms. The van der Waals surface area contributed by atoms with E-state index in [1.54, 1.807) is 54.6 Å². The number of carbonyl (C=O) groups excluding carboxylic acids is 1. The van der Waals surface area contributed by atoms with Gasteiger partial charge in [0, 0.05) is 12.3 Å². The lowest BCUT2D eigenvalue weighted by Crippen LogP contribution is -2.29. The Hall–Kier alpha value is -3.27. The SMILES string of the molecule is N#Cc1ccc(NNC(=O)c2ccc(Oc3cccc(Cl)c3Cl)nc2)cc1. The van der Waals surface area contributed by atoms with E-state index >= 15 is 0 Å². The van der Waals surface area contributed by atoms with E-state index in [0.29, 0.717) is 27.6 Å². The van der Waals surface area contributed by atoms with Gasteiger partial charge in [0.2, 0.25) is 5.88 Å². The number of hydrazine groups is 1. The molecule has 1 heterocycles. The lowest BCUT2D eigenvalue weighted by Gasteiger charge is -2.10. The highest BCUT2D eigenvalue weighted by Gasteiger charge is 2.09. The third-order valence-electron chi connectivity index (χ3n) is 3.46. The number of hydrogen-bond donors (Lipinski definition) is 2. The Balaban J connectivity index is 1.61. The summed E-state index contributed by atoms with van der Waals surface area (Å²) in [6.45, 7) is 0. The highest BCUT2D eigenvalue weighted by molar-refractivity contribution is 6.42. The van der Waals surface area contributed by atoms with Crippen molar-refractivity contribution in [2.75, 3.05) is 5.43 Å². The lowest BCUT2D eigenvalue weighted by molar-refractivity contribution is 0.0962. The number of halogens is 2. The van der Waals surface area contributed by atoms with Crippen LogP contribution in [0, 0.1) is 11.3 Å². The second-order valence-corrected chi connectivity index (χ2v) is 6.09. The van der Waals surface area contributed by atoms with Crippen LogP contribution in [0.15, 0.2) is 60.8 Å². The van der Waals surface area contributed by atoms with Crippen molar-refractivity contribution in [3.8, 4) is 17.7 Å². The topological polar surface area (TPSA) is 87.0 Å². The Morgan fingerprint density at radius 3 is 2.52 bits per heavy atom. The summed E-state index contributed by atoms with van der Waals surface area (Å²) >= 11 is 12.0. The van der Waals surface area contributed by atoms with E-state index in [9.17, 15) is 4.79 Å². The molecule has 3 aromatic rings.